The number of amides is 1. The van der Waals surface area contributed by atoms with Gasteiger partial charge in [-0.15, -0.1) is 21.5 Å². The second-order valence-corrected chi connectivity index (χ2v) is 9.95. The van der Waals surface area contributed by atoms with E-state index < -0.39 is 11.7 Å². The zero-order valence-corrected chi connectivity index (χ0v) is 19.8. The van der Waals surface area contributed by atoms with Crippen LogP contribution < -0.4 is 0 Å². The number of allylic oxidation sites excluding steroid dienone is 1. The third-order valence-electron chi connectivity index (χ3n) is 6.55. The Morgan fingerprint density at radius 3 is 2.69 bits per heavy atom. The lowest BCUT2D eigenvalue weighted by atomic mass is 10.0. The molecule has 0 bridgehead atoms. The van der Waals surface area contributed by atoms with Crippen LogP contribution in [-0.2, 0) is 12.3 Å². The summed E-state index contributed by atoms with van der Waals surface area (Å²) in [6, 6.07) is 11.6. The Morgan fingerprint density at radius 1 is 1.03 bits per heavy atom. The highest BCUT2D eigenvalue weighted by Gasteiger charge is 2.40. The number of carbonyl (C=O) groups is 1. The quantitative estimate of drug-likeness (QED) is 0.432. The number of benzene rings is 1. The molecule has 10 heteroatoms. The monoisotopic (exact) mass is 492 g/mol. The van der Waals surface area contributed by atoms with Crippen molar-refractivity contribution in [1.29, 1.82) is 0 Å². The van der Waals surface area contributed by atoms with Gasteiger partial charge in [0.15, 0.2) is 5.65 Å². The molecule has 1 aliphatic carbocycles. The summed E-state index contributed by atoms with van der Waals surface area (Å²) in [4.78, 5) is 18.3. The van der Waals surface area contributed by atoms with Gasteiger partial charge in [0.25, 0.3) is 5.91 Å². The lowest BCUT2D eigenvalue weighted by Crippen LogP contribution is -2.46. The van der Waals surface area contributed by atoms with Crippen LogP contribution in [0.1, 0.15) is 32.2 Å². The van der Waals surface area contributed by atoms with Crippen LogP contribution in [0.25, 0.3) is 22.3 Å². The van der Waals surface area contributed by atoms with Crippen molar-refractivity contribution in [3.05, 3.63) is 75.9 Å². The molecule has 0 saturated carbocycles. The molecule has 35 heavy (non-hydrogen) atoms. The standard InChI is InChI=1S/C25H22F2N6OS/c1-31-11-13-32(14-12-31)23(34)21-9-8-20(35-21)19-7-10-22-28-29-24(33(22)30-19)25(26,27)18-6-5-16-3-2-4-17(16)15-18/h2,4-10,15H,3,11-14H2,1H3. The van der Waals surface area contributed by atoms with Crippen LogP contribution in [0.5, 0.6) is 0 Å². The van der Waals surface area contributed by atoms with E-state index in [0.717, 1.165) is 40.0 Å². The number of carbonyl (C=O) groups excluding carboxylic acids is 1. The number of hydrogen-bond acceptors (Lipinski definition) is 6. The van der Waals surface area contributed by atoms with E-state index in [1.165, 1.54) is 23.5 Å². The first-order valence-electron chi connectivity index (χ1n) is 11.4. The fourth-order valence-electron chi connectivity index (χ4n) is 4.45. The average Bonchev–Trinajstić information content (AvgIpc) is 3.62. The first kappa shape index (κ1) is 22.0. The minimum Gasteiger partial charge on any atom is -0.335 e. The van der Waals surface area contributed by atoms with Crippen molar-refractivity contribution in [2.75, 3.05) is 33.2 Å². The summed E-state index contributed by atoms with van der Waals surface area (Å²) in [5.74, 6) is -3.94. The SMILES string of the molecule is CN1CCN(C(=O)c2ccc(-c3ccc4nnc(C(F)(F)c5ccc6c(c5)C=CC6)n4n3)s2)CC1. The second-order valence-electron chi connectivity index (χ2n) is 8.87. The molecule has 1 aliphatic heterocycles. The molecule has 1 fully saturated rings. The molecule has 3 aromatic heterocycles. The molecule has 0 atom stereocenters. The molecule has 1 aromatic carbocycles. The van der Waals surface area contributed by atoms with Gasteiger partial charge in [0.2, 0.25) is 5.82 Å². The van der Waals surface area contributed by atoms with Gasteiger partial charge in [-0.3, -0.25) is 4.79 Å². The summed E-state index contributed by atoms with van der Waals surface area (Å²) in [6.07, 6.45) is 4.56. The molecule has 7 nitrogen and oxygen atoms in total. The highest BCUT2D eigenvalue weighted by Crippen LogP contribution is 2.37. The van der Waals surface area contributed by atoms with Crippen molar-refractivity contribution in [3.63, 3.8) is 0 Å². The zero-order chi connectivity index (χ0) is 24.2. The van der Waals surface area contributed by atoms with Crippen molar-refractivity contribution in [2.45, 2.75) is 12.3 Å². The van der Waals surface area contributed by atoms with Crippen LogP contribution in [0.4, 0.5) is 8.78 Å². The van der Waals surface area contributed by atoms with Crippen LogP contribution in [-0.4, -0.2) is 68.7 Å². The molecule has 0 N–H and O–H groups in total. The number of thiophene rings is 1. The van der Waals surface area contributed by atoms with Crippen molar-refractivity contribution in [2.24, 2.45) is 0 Å². The molecule has 1 amide bonds. The van der Waals surface area contributed by atoms with E-state index >= 15 is 8.78 Å². The Bertz CT molecular complexity index is 1470. The number of halogens is 2. The first-order chi connectivity index (χ1) is 16.9. The molecule has 178 valence electrons. The van der Waals surface area contributed by atoms with Gasteiger partial charge in [-0.2, -0.15) is 18.4 Å². The van der Waals surface area contributed by atoms with Crippen LogP contribution in [0.3, 0.4) is 0 Å². The number of aromatic nitrogens is 4. The number of nitrogens with zero attached hydrogens (tertiary/aromatic N) is 6. The van der Waals surface area contributed by atoms with E-state index in [4.69, 9.17) is 0 Å². The Kier molecular flexibility index (Phi) is 5.23. The number of fused-ring (bicyclic) bond motifs is 2. The van der Waals surface area contributed by atoms with E-state index in [0.29, 0.717) is 23.7 Å². The van der Waals surface area contributed by atoms with Gasteiger partial charge in [-0.25, -0.2) is 0 Å². The predicted octanol–water partition coefficient (Wildman–Crippen LogP) is 3.95. The van der Waals surface area contributed by atoms with E-state index in [1.54, 1.807) is 30.3 Å². The van der Waals surface area contributed by atoms with Crippen LogP contribution >= 0.6 is 11.3 Å². The number of hydrogen-bond donors (Lipinski definition) is 0. The number of likely N-dealkylation sites (N-methyl/N-ethyl adjacent to an activating group) is 1. The minimum absolute atomic E-state index is 0.0161. The summed E-state index contributed by atoms with van der Waals surface area (Å²) in [6.45, 7) is 3.05. The summed E-state index contributed by atoms with van der Waals surface area (Å²) in [5, 5.41) is 12.1. The summed E-state index contributed by atoms with van der Waals surface area (Å²) >= 11 is 1.31. The Balaban J connectivity index is 1.32. The molecule has 0 unspecified atom stereocenters. The van der Waals surface area contributed by atoms with Gasteiger partial charge in [0, 0.05) is 31.7 Å². The van der Waals surface area contributed by atoms with Gasteiger partial charge in [-0.1, -0.05) is 24.3 Å². The molecule has 0 spiro atoms. The van der Waals surface area contributed by atoms with Gasteiger partial charge in [-0.05, 0) is 54.9 Å². The molecule has 1 saturated heterocycles. The van der Waals surface area contributed by atoms with E-state index in [-0.39, 0.29) is 17.1 Å². The fraction of sp³-hybridized carbons (Fsp3) is 0.280. The Labute approximate surface area is 204 Å². The normalized spacial score (nSPS) is 16.3. The van der Waals surface area contributed by atoms with Crippen molar-refractivity contribution in [1.82, 2.24) is 29.6 Å². The summed E-state index contributed by atoms with van der Waals surface area (Å²) < 4.78 is 32.2. The summed E-state index contributed by atoms with van der Waals surface area (Å²) in [5.41, 5.74) is 2.38. The van der Waals surface area contributed by atoms with Crippen LogP contribution in [0, 0.1) is 0 Å². The zero-order valence-electron chi connectivity index (χ0n) is 19.0. The average molecular weight is 493 g/mol. The topological polar surface area (TPSA) is 66.6 Å². The van der Waals surface area contributed by atoms with Gasteiger partial charge in [0.05, 0.1) is 9.75 Å². The molecule has 6 rings (SSSR count). The molecular formula is C25H22F2N6OS. The minimum atomic E-state index is -3.38. The molecule has 0 radical (unpaired) electrons. The lowest BCUT2D eigenvalue weighted by Gasteiger charge is -2.32. The number of alkyl halides is 2. The van der Waals surface area contributed by atoms with Gasteiger partial charge in [0.1, 0.15) is 5.69 Å². The van der Waals surface area contributed by atoms with E-state index in [9.17, 15) is 4.79 Å². The predicted molar refractivity (Wildman–Crippen MR) is 130 cm³/mol. The Hall–Kier alpha value is -3.50. The smallest absolute Gasteiger partial charge is 0.333 e. The van der Waals surface area contributed by atoms with E-state index in [2.05, 4.69) is 20.2 Å². The lowest BCUT2D eigenvalue weighted by molar-refractivity contribution is 0.0306. The maximum atomic E-state index is 15.6. The van der Waals surface area contributed by atoms with Crippen LogP contribution in [0.2, 0.25) is 0 Å². The highest BCUT2D eigenvalue weighted by atomic mass is 32.1. The maximum absolute atomic E-state index is 15.6. The second kappa shape index (κ2) is 8.31. The van der Waals surface area contributed by atoms with Gasteiger partial charge >= 0.3 is 5.92 Å². The molecular weight excluding hydrogens is 470 g/mol. The van der Waals surface area contributed by atoms with Crippen molar-refractivity contribution < 1.29 is 13.6 Å². The molecule has 4 aromatic rings. The van der Waals surface area contributed by atoms with Crippen molar-refractivity contribution in [3.8, 4) is 10.6 Å². The third kappa shape index (κ3) is 3.82. The highest BCUT2D eigenvalue weighted by molar-refractivity contribution is 7.17. The van der Waals surface area contributed by atoms with Crippen LogP contribution in [0.15, 0.2) is 48.5 Å². The number of piperazine rings is 1. The number of rotatable bonds is 4. The third-order valence-corrected chi connectivity index (χ3v) is 7.64. The summed E-state index contributed by atoms with van der Waals surface area (Å²) in [7, 11) is 2.04. The van der Waals surface area contributed by atoms with Gasteiger partial charge < -0.3 is 9.80 Å². The molecule has 2 aliphatic rings. The maximum Gasteiger partial charge on any atom is 0.333 e. The Morgan fingerprint density at radius 2 is 1.86 bits per heavy atom. The molecule has 4 heterocycles. The fourth-order valence-corrected chi connectivity index (χ4v) is 5.38. The van der Waals surface area contributed by atoms with E-state index in [1.807, 2.05) is 24.1 Å². The largest absolute Gasteiger partial charge is 0.335 e. The first-order valence-corrected chi connectivity index (χ1v) is 12.2. The van der Waals surface area contributed by atoms with Crippen molar-refractivity contribution >= 4 is 29.0 Å².